The number of ether oxygens (including phenoxy) is 2. The number of nitrogens with zero attached hydrogens (tertiary/aromatic N) is 1. The maximum Gasteiger partial charge on any atom is 0.303 e. The molecule has 2 amide bonds. The smallest absolute Gasteiger partial charge is 0.303 e. The van der Waals surface area contributed by atoms with E-state index in [4.69, 9.17) is 14.6 Å². The first-order valence-corrected chi connectivity index (χ1v) is 17.7. The van der Waals surface area contributed by atoms with Gasteiger partial charge in [0.1, 0.15) is 0 Å². The van der Waals surface area contributed by atoms with Crippen LogP contribution in [0.25, 0.3) is 0 Å². The number of nitrogens with one attached hydrogen (secondary N) is 2. The van der Waals surface area contributed by atoms with Crippen molar-refractivity contribution in [3.63, 3.8) is 0 Å². The van der Waals surface area contributed by atoms with Crippen molar-refractivity contribution >= 4 is 23.5 Å². The van der Waals surface area contributed by atoms with Crippen LogP contribution in [0.5, 0.6) is 0 Å². The molecule has 0 spiro atoms. The minimum absolute atomic E-state index is 0.0340. The van der Waals surface area contributed by atoms with Gasteiger partial charge >= 0.3 is 5.97 Å². The molecule has 3 aliphatic rings. The van der Waals surface area contributed by atoms with Gasteiger partial charge in [0.15, 0.2) is 6.29 Å². The normalized spacial score (nSPS) is 26.3. The maximum absolute atomic E-state index is 13.7. The molecule has 48 heavy (non-hydrogen) atoms. The van der Waals surface area contributed by atoms with E-state index in [2.05, 4.69) is 15.5 Å². The molecule has 10 nitrogen and oxygen atoms in total. The van der Waals surface area contributed by atoms with E-state index in [1.165, 1.54) is 19.3 Å². The van der Waals surface area contributed by atoms with E-state index in [9.17, 15) is 19.5 Å². The quantitative estimate of drug-likeness (QED) is 0.196. The summed E-state index contributed by atoms with van der Waals surface area (Å²) in [4.78, 5) is 39.6. The van der Waals surface area contributed by atoms with Crippen molar-refractivity contribution in [2.24, 2.45) is 5.92 Å². The minimum atomic E-state index is -0.862. The molecule has 2 heterocycles. The van der Waals surface area contributed by atoms with Crippen LogP contribution in [0.3, 0.4) is 0 Å². The lowest BCUT2D eigenvalue weighted by Gasteiger charge is -2.50. The molecule has 1 saturated carbocycles. The molecule has 0 aromatic heterocycles. The number of carbonyl (C=O) groups is 3. The number of carboxylic acids is 1. The number of hydrogen-bond acceptors (Lipinski definition) is 7. The highest BCUT2D eigenvalue weighted by Crippen LogP contribution is 2.42. The summed E-state index contributed by atoms with van der Waals surface area (Å²) in [6.45, 7) is 6.65. The summed E-state index contributed by atoms with van der Waals surface area (Å²) in [6.07, 6.45) is 7.25. The Balaban J connectivity index is 1.37. The second-order valence-corrected chi connectivity index (χ2v) is 14.8. The number of fused-ring (bicyclic) bond motifs is 1. The molecule has 4 N–H and O–H groups in total. The van der Waals surface area contributed by atoms with Gasteiger partial charge in [-0.25, -0.2) is 0 Å². The molecule has 2 aliphatic heterocycles. The second kappa shape index (κ2) is 16.4. The minimum Gasteiger partial charge on any atom is -0.481 e. The van der Waals surface area contributed by atoms with Crippen LogP contribution >= 0.6 is 0 Å². The first kappa shape index (κ1) is 36.0. The van der Waals surface area contributed by atoms with Crippen LogP contribution in [0.15, 0.2) is 48.5 Å². The SMILES string of the molecule is CC(C)(C)NC(=O)C1CCC2CCCCC2N1CC1CC(c2ccc(CO)cc2)OC(c2cccc(NC(=O)CCCCC(=O)O)c2)O1. The first-order valence-electron chi connectivity index (χ1n) is 17.7. The van der Waals surface area contributed by atoms with Crippen LogP contribution in [-0.2, 0) is 30.5 Å². The molecule has 1 aliphatic carbocycles. The summed E-state index contributed by atoms with van der Waals surface area (Å²) in [5.41, 5.74) is 2.89. The molecule has 0 bridgehead atoms. The van der Waals surface area contributed by atoms with E-state index < -0.39 is 12.3 Å². The van der Waals surface area contributed by atoms with Crippen molar-refractivity contribution in [2.75, 3.05) is 11.9 Å². The average Bonchev–Trinajstić information content (AvgIpc) is 3.06. The fourth-order valence-electron chi connectivity index (χ4n) is 7.54. The molecular weight excluding hydrogens is 610 g/mol. The van der Waals surface area contributed by atoms with E-state index in [-0.39, 0.29) is 55.1 Å². The third-order valence-corrected chi connectivity index (χ3v) is 9.82. The summed E-state index contributed by atoms with van der Waals surface area (Å²) in [6, 6.07) is 15.4. The summed E-state index contributed by atoms with van der Waals surface area (Å²) in [7, 11) is 0. The second-order valence-electron chi connectivity index (χ2n) is 14.8. The van der Waals surface area contributed by atoms with Crippen molar-refractivity contribution in [1.29, 1.82) is 0 Å². The van der Waals surface area contributed by atoms with Gasteiger partial charge in [0.25, 0.3) is 0 Å². The molecule has 6 unspecified atom stereocenters. The number of aliphatic hydroxyl groups excluding tert-OH is 1. The summed E-state index contributed by atoms with van der Waals surface area (Å²) in [5.74, 6) is -0.370. The molecule has 2 saturated heterocycles. The summed E-state index contributed by atoms with van der Waals surface area (Å²) >= 11 is 0. The lowest BCUT2D eigenvalue weighted by Crippen LogP contribution is -2.61. The fraction of sp³-hybridized carbons (Fsp3) is 0.605. The summed E-state index contributed by atoms with van der Waals surface area (Å²) < 4.78 is 13.3. The van der Waals surface area contributed by atoms with Gasteiger partial charge < -0.3 is 30.3 Å². The third-order valence-electron chi connectivity index (χ3n) is 9.82. The molecule has 10 heteroatoms. The highest BCUT2D eigenvalue weighted by atomic mass is 16.7. The number of benzene rings is 2. The lowest BCUT2D eigenvalue weighted by atomic mass is 9.75. The Hall–Kier alpha value is -3.31. The molecule has 2 aromatic rings. The van der Waals surface area contributed by atoms with Gasteiger partial charge in [0.2, 0.25) is 11.8 Å². The van der Waals surface area contributed by atoms with Gasteiger partial charge in [-0.05, 0) is 88.5 Å². The number of anilines is 1. The Morgan fingerprint density at radius 2 is 1.67 bits per heavy atom. The third kappa shape index (κ3) is 9.87. The fourth-order valence-corrected chi connectivity index (χ4v) is 7.54. The molecule has 0 radical (unpaired) electrons. The Morgan fingerprint density at radius 1 is 0.917 bits per heavy atom. The number of aliphatic carboxylic acids is 1. The highest BCUT2D eigenvalue weighted by molar-refractivity contribution is 5.90. The molecule has 3 fully saturated rings. The van der Waals surface area contributed by atoms with Crippen molar-refractivity contribution in [2.45, 2.75) is 134 Å². The van der Waals surface area contributed by atoms with Crippen LogP contribution in [0.2, 0.25) is 0 Å². The largest absolute Gasteiger partial charge is 0.481 e. The monoisotopic (exact) mass is 663 g/mol. The number of hydrogen-bond donors (Lipinski definition) is 4. The molecule has 262 valence electrons. The number of aliphatic hydroxyl groups is 1. The predicted octanol–water partition coefficient (Wildman–Crippen LogP) is 6.25. The van der Waals surface area contributed by atoms with Crippen LogP contribution in [0, 0.1) is 5.92 Å². The standard InChI is InChI=1S/C38H53N3O7/c1-38(2,3)40-36(46)32-20-19-26-9-4-5-12-31(26)41(32)23-30-22-33(27-17-15-25(24-42)16-18-27)48-37(47-30)28-10-8-11-29(21-28)39-34(43)13-6-7-14-35(44)45/h8,10-11,15-18,21,26,30-33,37,42H,4-7,9,12-14,19-20,22-24H2,1-3H3,(H,39,43)(H,40,46)(H,44,45). The van der Waals surface area contributed by atoms with Crippen molar-refractivity contribution < 1.29 is 34.1 Å². The van der Waals surface area contributed by atoms with Crippen LogP contribution < -0.4 is 10.6 Å². The zero-order chi connectivity index (χ0) is 34.3. The van der Waals surface area contributed by atoms with Gasteiger partial charge in [-0.3, -0.25) is 19.3 Å². The van der Waals surface area contributed by atoms with Crippen molar-refractivity contribution in [1.82, 2.24) is 10.2 Å². The molecule has 2 aromatic carbocycles. The van der Waals surface area contributed by atoms with E-state index >= 15 is 0 Å². The number of likely N-dealkylation sites (tertiary alicyclic amines) is 1. The molecular formula is C38H53N3O7. The molecule has 5 rings (SSSR count). The Morgan fingerprint density at radius 3 is 2.40 bits per heavy atom. The van der Waals surface area contributed by atoms with Gasteiger partial charge in [0.05, 0.1) is 24.9 Å². The van der Waals surface area contributed by atoms with Crippen molar-refractivity contribution in [3.8, 4) is 0 Å². The van der Waals surface area contributed by atoms with E-state index in [0.717, 1.165) is 36.0 Å². The Labute approximate surface area is 284 Å². The highest BCUT2D eigenvalue weighted by Gasteiger charge is 2.44. The zero-order valence-corrected chi connectivity index (χ0v) is 28.7. The van der Waals surface area contributed by atoms with Gasteiger partial charge in [-0.15, -0.1) is 0 Å². The number of unbranched alkanes of at least 4 members (excludes halogenated alkanes) is 1. The van der Waals surface area contributed by atoms with Crippen molar-refractivity contribution in [3.05, 3.63) is 65.2 Å². The topological polar surface area (TPSA) is 137 Å². The van der Waals surface area contributed by atoms with Gasteiger partial charge in [-0.2, -0.15) is 0 Å². The van der Waals surface area contributed by atoms with Gasteiger partial charge in [-0.1, -0.05) is 49.2 Å². The molecule has 6 atom stereocenters. The van der Waals surface area contributed by atoms with Crippen LogP contribution in [0.1, 0.15) is 120 Å². The van der Waals surface area contributed by atoms with Crippen LogP contribution in [-0.4, -0.2) is 63.2 Å². The number of rotatable bonds is 12. The number of carbonyl (C=O) groups excluding carboxylic acids is 2. The zero-order valence-electron chi connectivity index (χ0n) is 28.7. The first-order chi connectivity index (χ1) is 23.0. The van der Waals surface area contributed by atoms with Gasteiger partial charge in [0, 0.05) is 48.6 Å². The average molecular weight is 664 g/mol. The van der Waals surface area contributed by atoms with Crippen LogP contribution in [0.4, 0.5) is 5.69 Å². The lowest BCUT2D eigenvalue weighted by molar-refractivity contribution is -0.255. The Kier molecular flexibility index (Phi) is 12.3. The predicted molar refractivity (Wildman–Crippen MR) is 183 cm³/mol. The number of carboxylic acid groups (broad SMARTS) is 1. The van der Waals surface area contributed by atoms with E-state index in [0.29, 0.717) is 43.5 Å². The number of amides is 2. The van der Waals surface area contributed by atoms with E-state index in [1.54, 1.807) is 0 Å². The summed E-state index contributed by atoms with van der Waals surface area (Å²) in [5, 5.41) is 24.7. The van der Waals surface area contributed by atoms with E-state index in [1.807, 2.05) is 69.3 Å². The number of piperidine rings is 1. The maximum atomic E-state index is 13.7. The Bertz CT molecular complexity index is 1390.